The van der Waals surface area contributed by atoms with Gasteiger partial charge >= 0.3 is 0 Å². The van der Waals surface area contributed by atoms with Gasteiger partial charge in [0.15, 0.2) is 9.84 Å². The first-order valence-electron chi connectivity index (χ1n) is 10.8. The van der Waals surface area contributed by atoms with E-state index in [2.05, 4.69) is 36.1 Å². The lowest BCUT2D eigenvalue weighted by atomic mass is 9.88. The second kappa shape index (κ2) is 10.6. The van der Waals surface area contributed by atoms with E-state index in [1.807, 2.05) is 56.6 Å². The van der Waals surface area contributed by atoms with Crippen molar-refractivity contribution in [1.82, 2.24) is 4.90 Å². The van der Waals surface area contributed by atoms with Crippen molar-refractivity contribution in [3.8, 4) is 5.75 Å². The average Bonchev–Trinajstić information content (AvgIpc) is 2.78. The summed E-state index contributed by atoms with van der Waals surface area (Å²) in [6.45, 7) is 3.63. The van der Waals surface area contributed by atoms with E-state index in [4.69, 9.17) is 4.74 Å². The van der Waals surface area contributed by atoms with Gasteiger partial charge in [0.1, 0.15) is 12.4 Å². The van der Waals surface area contributed by atoms with Crippen LogP contribution < -0.4 is 4.74 Å². The second-order valence-electron chi connectivity index (χ2n) is 8.05. The van der Waals surface area contributed by atoms with Crippen LogP contribution in [0.1, 0.15) is 30.0 Å². The lowest BCUT2D eigenvalue weighted by Crippen LogP contribution is -2.19. The summed E-state index contributed by atoms with van der Waals surface area (Å²) in [4.78, 5) is 2.41. The lowest BCUT2D eigenvalue weighted by Gasteiger charge is -2.17. The standard InChI is InChI=1S/C27H31NO3S/c1-5-26(21-9-7-6-8-10-21)27(23-13-17-25(18-14-23)32(4,29)30)22-11-15-24(16-12-22)31-20-19-28(2)3/h6-18H,5,19-20H2,1-4H3/b27-26-. The van der Waals surface area contributed by atoms with Gasteiger partial charge in [-0.2, -0.15) is 0 Å². The molecule has 5 heteroatoms. The molecule has 0 aliphatic carbocycles. The van der Waals surface area contributed by atoms with Gasteiger partial charge in [-0.05, 0) is 72.6 Å². The molecule has 0 fully saturated rings. The van der Waals surface area contributed by atoms with Crippen molar-refractivity contribution in [2.75, 3.05) is 33.5 Å². The number of likely N-dealkylation sites (N-methyl/N-ethyl adjacent to an activating group) is 1. The van der Waals surface area contributed by atoms with E-state index < -0.39 is 9.84 Å². The second-order valence-corrected chi connectivity index (χ2v) is 10.1. The van der Waals surface area contributed by atoms with Gasteiger partial charge in [0.2, 0.25) is 0 Å². The molecule has 0 radical (unpaired) electrons. The highest BCUT2D eigenvalue weighted by Gasteiger charge is 2.15. The van der Waals surface area contributed by atoms with Crippen LogP contribution in [0.15, 0.2) is 83.8 Å². The average molecular weight is 450 g/mol. The normalized spacial score (nSPS) is 12.5. The number of hydrogen-bond acceptors (Lipinski definition) is 4. The van der Waals surface area contributed by atoms with Crippen LogP contribution in [0.2, 0.25) is 0 Å². The summed E-state index contributed by atoms with van der Waals surface area (Å²) in [5.41, 5.74) is 5.51. The Kier molecular flexibility index (Phi) is 7.89. The number of benzene rings is 3. The SMILES string of the molecule is CC/C(=C(\c1ccc(OCCN(C)C)cc1)c1ccc(S(C)(=O)=O)cc1)c1ccccc1. The van der Waals surface area contributed by atoms with Gasteiger partial charge in [0.05, 0.1) is 4.90 Å². The van der Waals surface area contributed by atoms with E-state index in [-0.39, 0.29) is 0 Å². The van der Waals surface area contributed by atoms with Crippen molar-refractivity contribution in [3.05, 3.63) is 95.6 Å². The smallest absolute Gasteiger partial charge is 0.175 e. The zero-order chi connectivity index (χ0) is 23.1. The molecule has 168 valence electrons. The summed E-state index contributed by atoms with van der Waals surface area (Å²) in [6, 6.07) is 25.6. The van der Waals surface area contributed by atoms with Gasteiger partial charge in [-0.25, -0.2) is 8.42 Å². The quantitative estimate of drug-likeness (QED) is 0.411. The van der Waals surface area contributed by atoms with Gasteiger partial charge in [0, 0.05) is 12.8 Å². The summed E-state index contributed by atoms with van der Waals surface area (Å²) in [7, 11) is 0.800. The molecule has 0 heterocycles. The third-order valence-corrected chi connectivity index (χ3v) is 6.43. The molecule has 3 aromatic rings. The third kappa shape index (κ3) is 6.09. The largest absolute Gasteiger partial charge is 0.492 e. The summed E-state index contributed by atoms with van der Waals surface area (Å²) in [6.07, 6.45) is 2.07. The Morgan fingerprint density at radius 1 is 0.812 bits per heavy atom. The topological polar surface area (TPSA) is 46.6 Å². The lowest BCUT2D eigenvalue weighted by molar-refractivity contribution is 0.261. The summed E-state index contributed by atoms with van der Waals surface area (Å²) in [5, 5.41) is 0. The Balaban J connectivity index is 2.06. The van der Waals surface area contributed by atoms with E-state index in [1.165, 1.54) is 11.8 Å². The predicted octanol–water partition coefficient (Wildman–Crippen LogP) is 5.40. The molecule has 0 unspecified atom stereocenters. The number of ether oxygens (including phenoxy) is 1. The van der Waals surface area contributed by atoms with Crippen molar-refractivity contribution in [1.29, 1.82) is 0 Å². The van der Waals surface area contributed by atoms with Crippen LogP contribution in [0.4, 0.5) is 0 Å². The highest BCUT2D eigenvalue weighted by Crippen LogP contribution is 2.35. The molecule has 0 aromatic heterocycles. The Bertz CT molecular complexity index is 1150. The molecule has 0 atom stereocenters. The van der Waals surface area contributed by atoms with Crippen molar-refractivity contribution < 1.29 is 13.2 Å². The third-order valence-electron chi connectivity index (χ3n) is 5.30. The zero-order valence-corrected chi connectivity index (χ0v) is 20.0. The molecule has 0 saturated carbocycles. The minimum absolute atomic E-state index is 0.322. The van der Waals surface area contributed by atoms with Crippen molar-refractivity contribution >= 4 is 21.0 Å². The number of nitrogens with zero attached hydrogens (tertiary/aromatic N) is 1. The van der Waals surface area contributed by atoms with Gasteiger partial charge < -0.3 is 9.64 Å². The van der Waals surface area contributed by atoms with Crippen LogP contribution in [-0.4, -0.2) is 46.8 Å². The van der Waals surface area contributed by atoms with Crippen LogP contribution in [0.5, 0.6) is 5.75 Å². The minimum atomic E-state index is -3.24. The molecule has 4 nitrogen and oxygen atoms in total. The first kappa shape index (κ1) is 23.8. The molecule has 3 aromatic carbocycles. The van der Waals surface area contributed by atoms with Crippen molar-refractivity contribution in [2.45, 2.75) is 18.2 Å². The monoisotopic (exact) mass is 449 g/mol. The van der Waals surface area contributed by atoms with Gasteiger partial charge in [0.25, 0.3) is 0 Å². The summed E-state index contributed by atoms with van der Waals surface area (Å²) >= 11 is 0. The molecule has 0 spiro atoms. The minimum Gasteiger partial charge on any atom is -0.492 e. The Morgan fingerprint density at radius 3 is 1.88 bits per heavy atom. The fraction of sp³-hybridized carbons (Fsp3) is 0.259. The molecule has 3 rings (SSSR count). The zero-order valence-electron chi connectivity index (χ0n) is 19.2. The van der Waals surface area contributed by atoms with E-state index >= 15 is 0 Å². The molecule has 0 N–H and O–H groups in total. The molecule has 32 heavy (non-hydrogen) atoms. The first-order chi connectivity index (χ1) is 15.3. The Morgan fingerprint density at radius 2 is 1.38 bits per heavy atom. The fourth-order valence-corrected chi connectivity index (χ4v) is 4.24. The summed E-state index contributed by atoms with van der Waals surface area (Å²) < 4.78 is 29.7. The van der Waals surface area contributed by atoms with Gasteiger partial charge in [-0.15, -0.1) is 0 Å². The fourth-order valence-electron chi connectivity index (χ4n) is 3.61. The first-order valence-corrected chi connectivity index (χ1v) is 12.7. The van der Waals surface area contributed by atoms with E-state index in [9.17, 15) is 8.42 Å². The van der Waals surface area contributed by atoms with Crippen LogP contribution in [0.3, 0.4) is 0 Å². The Labute approximate surface area is 192 Å². The van der Waals surface area contributed by atoms with Gasteiger partial charge in [-0.3, -0.25) is 0 Å². The van der Waals surface area contributed by atoms with Crippen LogP contribution in [-0.2, 0) is 9.84 Å². The van der Waals surface area contributed by atoms with E-state index in [0.29, 0.717) is 11.5 Å². The Hall–Kier alpha value is -2.89. The van der Waals surface area contributed by atoms with Crippen LogP contribution in [0.25, 0.3) is 11.1 Å². The molecule has 0 amide bonds. The maximum absolute atomic E-state index is 11.9. The molecule has 0 bridgehead atoms. The predicted molar refractivity (Wildman–Crippen MR) is 133 cm³/mol. The maximum atomic E-state index is 11.9. The molecular weight excluding hydrogens is 418 g/mol. The molecule has 0 aliphatic rings. The van der Waals surface area contributed by atoms with Gasteiger partial charge in [-0.1, -0.05) is 61.5 Å². The summed E-state index contributed by atoms with van der Waals surface area (Å²) in [5.74, 6) is 0.833. The number of hydrogen-bond donors (Lipinski definition) is 0. The molecular formula is C27H31NO3S. The van der Waals surface area contributed by atoms with E-state index in [0.717, 1.165) is 41.0 Å². The molecule has 0 saturated heterocycles. The van der Waals surface area contributed by atoms with Crippen LogP contribution in [0, 0.1) is 0 Å². The highest BCUT2D eigenvalue weighted by atomic mass is 32.2. The number of allylic oxidation sites excluding steroid dienone is 1. The molecule has 0 aliphatic heterocycles. The number of rotatable bonds is 9. The van der Waals surface area contributed by atoms with E-state index in [1.54, 1.807) is 12.1 Å². The number of sulfone groups is 1. The maximum Gasteiger partial charge on any atom is 0.175 e. The van der Waals surface area contributed by atoms with Crippen molar-refractivity contribution in [3.63, 3.8) is 0 Å². The van der Waals surface area contributed by atoms with Crippen molar-refractivity contribution in [2.24, 2.45) is 0 Å². The van der Waals surface area contributed by atoms with Crippen LogP contribution >= 0.6 is 0 Å². The highest BCUT2D eigenvalue weighted by molar-refractivity contribution is 7.90.